The maximum absolute atomic E-state index is 13.3. The van der Waals surface area contributed by atoms with E-state index in [1.54, 1.807) is 23.1 Å². The van der Waals surface area contributed by atoms with Crippen molar-refractivity contribution < 1.29 is 58.9 Å². The number of carbonyl (C=O) groups is 3. The van der Waals surface area contributed by atoms with Gasteiger partial charge in [0.15, 0.2) is 34.5 Å². The monoisotopic (exact) mass is 735 g/mol. The van der Waals surface area contributed by atoms with Crippen molar-refractivity contribution in [1.29, 1.82) is 0 Å². The zero-order valence-electron chi connectivity index (χ0n) is 29.9. The van der Waals surface area contributed by atoms with Gasteiger partial charge in [-0.15, -0.1) is 0 Å². The van der Waals surface area contributed by atoms with Crippen molar-refractivity contribution in [1.82, 2.24) is 15.5 Å². The van der Waals surface area contributed by atoms with E-state index in [-0.39, 0.29) is 53.7 Å². The molecule has 15 nitrogen and oxygen atoms in total. The molecule has 0 radical (unpaired) electrons. The summed E-state index contributed by atoms with van der Waals surface area (Å²) in [7, 11) is 5.48. The maximum Gasteiger partial charge on any atom is 0.246 e. The number of phenols is 5. The Balaban J connectivity index is 1.57. The molecule has 0 aliphatic heterocycles. The second-order valence-electron chi connectivity index (χ2n) is 11.4. The molecule has 3 aromatic carbocycles. The molecule has 0 unspecified atom stereocenters. The van der Waals surface area contributed by atoms with E-state index in [1.165, 1.54) is 83.1 Å². The number of methoxy groups -OCH3 is 4. The highest BCUT2D eigenvalue weighted by atomic mass is 16.5. The van der Waals surface area contributed by atoms with E-state index < -0.39 is 28.9 Å². The molecule has 53 heavy (non-hydrogen) atoms. The minimum atomic E-state index is -0.418. The lowest BCUT2D eigenvalue weighted by atomic mass is 10.1. The normalized spacial score (nSPS) is 11.2. The van der Waals surface area contributed by atoms with Gasteiger partial charge in [0.05, 0.1) is 28.4 Å². The first-order valence-corrected chi connectivity index (χ1v) is 16.4. The minimum Gasteiger partial charge on any atom is -0.504 e. The van der Waals surface area contributed by atoms with Crippen molar-refractivity contribution in [3.63, 3.8) is 0 Å². The van der Waals surface area contributed by atoms with Gasteiger partial charge in [-0.1, -0.05) is 0 Å². The lowest BCUT2D eigenvalue weighted by molar-refractivity contribution is -0.126. The molecule has 284 valence electrons. The molecule has 3 rings (SSSR count). The van der Waals surface area contributed by atoms with Gasteiger partial charge in [0, 0.05) is 44.4 Å². The number of amides is 3. The fourth-order valence-corrected chi connectivity index (χ4v) is 4.93. The van der Waals surface area contributed by atoms with Crippen LogP contribution in [0, 0.1) is 0 Å². The number of ether oxygens (including phenoxy) is 4. The Morgan fingerprint density at radius 3 is 1.38 bits per heavy atom. The Hall–Kier alpha value is -6.51. The molecule has 0 aromatic heterocycles. The summed E-state index contributed by atoms with van der Waals surface area (Å²) in [5.74, 6) is -2.36. The zero-order valence-corrected chi connectivity index (χ0v) is 29.9. The van der Waals surface area contributed by atoms with E-state index >= 15 is 0 Å². The molecule has 0 saturated carbocycles. The first-order chi connectivity index (χ1) is 25.4. The highest BCUT2D eigenvalue weighted by Crippen LogP contribution is 2.38. The number of nitrogens with zero attached hydrogens (tertiary/aromatic N) is 1. The summed E-state index contributed by atoms with van der Waals surface area (Å²) < 4.78 is 20.3. The second kappa shape index (κ2) is 20.4. The van der Waals surface area contributed by atoms with Crippen LogP contribution in [0.5, 0.6) is 51.7 Å². The molecule has 0 saturated heterocycles. The Bertz CT molecular complexity index is 1810. The van der Waals surface area contributed by atoms with Crippen LogP contribution < -0.4 is 29.6 Å². The van der Waals surface area contributed by atoms with E-state index in [4.69, 9.17) is 18.9 Å². The van der Waals surface area contributed by atoms with Crippen LogP contribution in [0.25, 0.3) is 18.2 Å². The van der Waals surface area contributed by atoms with Gasteiger partial charge < -0.3 is 60.0 Å². The van der Waals surface area contributed by atoms with Crippen LogP contribution in [-0.4, -0.2) is 103 Å². The summed E-state index contributed by atoms with van der Waals surface area (Å²) >= 11 is 0. The highest BCUT2D eigenvalue weighted by molar-refractivity contribution is 5.93. The smallest absolute Gasteiger partial charge is 0.246 e. The average Bonchev–Trinajstić information content (AvgIpc) is 3.15. The number of nitrogens with one attached hydrogen (secondary N) is 2. The van der Waals surface area contributed by atoms with Crippen LogP contribution in [0.4, 0.5) is 0 Å². The van der Waals surface area contributed by atoms with Gasteiger partial charge in [0.2, 0.25) is 35.0 Å². The van der Waals surface area contributed by atoms with Gasteiger partial charge in [-0.2, -0.15) is 0 Å². The lowest BCUT2D eigenvalue weighted by Gasteiger charge is -2.21. The topological polar surface area (TPSA) is 217 Å². The van der Waals surface area contributed by atoms with E-state index in [2.05, 4.69) is 10.6 Å². The first kappa shape index (κ1) is 40.9. The van der Waals surface area contributed by atoms with E-state index in [9.17, 15) is 39.9 Å². The molecule has 0 spiro atoms. The van der Waals surface area contributed by atoms with E-state index in [0.717, 1.165) is 0 Å². The van der Waals surface area contributed by atoms with Gasteiger partial charge in [0.25, 0.3) is 0 Å². The molecule has 7 N–H and O–H groups in total. The number of benzene rings is 3. The molecule has 3 amide bonds. The maximum atomic E-state index is 13.3. The third-order valence-electron chi connectivity index (χ3n) is 7.74. The zero-order chi connectivity index (χ0) is 38.9. The molecular formula is C38H45N3O12. The highest BCUT2D eigenvalue weighted by Gasteiger charge is 2.14. The fraction of sp³-hybridized carbons (Fsp3) is 0.289. The molecular weight excluding hydrogens is 690 g/mol. The Morgan fingerprint density at radius 2 is 0.925 bits per heavy atom. The summed E-state index contributed by atoms with van der Waals surface area (Å²) in [5.41, 5.74) is 1.44. The number of hydrogen-bond donors (Lipinski definition) is 7. The summed E-state index contributed by atoms with van der Waals surface area (Å²) in [6, 6.07) is 8.62. The lowest BCUT2D eigenvalue weighted by Crippen LogP contribution is -2.34. The summed E-state index contributed by atoms with van der Waals surface area (Å²) in [6.45, 7) is 1.20. The molecule has 0 aliphatic rings. The van der Waals surface area contributed by atoms with Gasteiger partial charge in [-0.3, -0.25) is 14.4 Å². The fourth-order valence-electron chi connectivity index (χ4n) is 4.93. The van der Waals surface area contributed by atoms with Gasteiger partial charge in [0.1, 0.15) is 0 Å². The van der Waals surface area contributed by atoms with Crippen molar-refractivity contribution in [3.05, 3.63) is 71.3 Å². The first-order valence-electron chi connectivity index (χ1n) is 16.4. The predicted molar refractivity (Wildman–Crippen MR) is 197 cm³/mol. The number of aromatic hydroxyl groups is 5. The van der Waals surface area contributed by atoms with Crippen molar-refractivity contribution in [2.45, 2.75) is 19.3 Å². The van der Waals surface area contributed by atoms with Crippen molar-refractivity contribution >= 4 is 35.9 Å². The van der Waals surface area contributed by atoms with Gasteiger partial charge in [-0.05, 0) is 90.6 Å². The van der Waals surface area contributed by atoms with Crippen molar-refractivity contribution in [3.8, 4) is 51.7 Å². The van der Waals surface area contributed by atoms with Crippen LogP contribution in [0.1, 0.15) is 36.0 Å². The van der Waals surface area contributed by atoms with Crippen LogP contribution in [-0.2, 0) is 14.4 Å². The SMILES string of the molecule is COc1cc(/C=C\C(=O)NCCCN(CCCCNC(=O)/C=C/c2cc(OC)c(O)c(OC)c2)C(=O)/C=C/c2cc(O)c(O)c(OC)c2)cc(O)c1O. The molecule has 0 aliphatic carbocycles. The second-order valence-corrected chi connectivity index (χ2v) is 11.4. The van der Waals surface area contributed by atoms with E-state index in [0.29, 0.717) is 49.0 Å². The Kier molecular flexibility index (Phi) is 15.7. The molecule has 0 heterocycles. The van der Waals surface area contributed by atoms with Crippen LogP contribution >= 0.6 is 0 Å². The molecule has 3 aromatic rings. The quantitative estimate of drug-likeness (QED) is 0.0530. The van der Waals surface area contributed by atoms with Crippen molar-refractivity contribution in [2.75, 3.05) is 54.6 Å². The Labute approximate surface area is 307 Å². The van der Waals surface area contributed by atoms with Crippen LogP contribution in [0.3, 0.4) is 0 Å². The summed E-state index contributed by atoms with van der Waals surface area (Å²) in [6.07, 6.45) is 9.92. The molecule has 0 atom stereocenters. The largest absolute Gasteiger partial charge is 0.504 e. The standard InChI is InChI=1S/C38H45N3O12/c1-50-29-20-24(18-27(42)36(29)47)8-11-34(45)40-15-7-17-41(35(46)13-10-25-19-28(43)37(48)30(21-25)51-2)16-6-5-14-39-33(44)12-9-26-22-31(52-3)38(49)32(23-26)53-4/h8-13,18-23,42-43,47-49H,5-7,14-17H2,1-4H3,(H,39,44)(H,40,45)/b11-8-,12-9+,13-10+. The van der Waals surface area contributed by atoms with Gasteiger partial charge >= 0.3 is 0 Å². The predicted octanol–water partition coefficient (Wildman–Crippen LogP) is 3.92. The molecule has 0 fully saturated rings. The third-order valence-corrected chi connectivity index (χ3v) is 7.74. The number of carbonyl (C=O) groups excluding carboxylic acids is 3. The van der Waals surface area contributed by atoms with E-state index in [1.807, 2.05) is 0 Å². The number of unbranched alkanes of at least 4 members (excludes halogenated alkanes) is 1. The molecule has 15 heteroatoms. The number of rotatable bonds is 19. The number of hydrogen-bond acceptors (Lipinski definition) is 12. The Morgan fingerprint density at radius 1 is 0.547 bits per heavy atom. The van der Waals surface area contributed by atoms with Gasteiger partial charge in [-0.25, -0.2) is 0 Å². The minimum absolute atomic E-state index is 0.0412. The average molecular weight is 736 g/mol. The summed E-state index contributed by atoms with van der Waals surface area (Å²) in [4.78, 5) is 39.7. The third kappa shape index (κ3) is 12.3. The van der Waals surface area contributed by atoms with Crippen LogP contribution in [0.2, 0.25) is 0 Å². The number of phenolic OH excluding ortho intramolecular Hbond substituents is 5. The van der Waals surface area contributed by atoms with Crippen LogP contribution in [0.15, 0.2) is 54.6 Å². The van der Waals surface area contributed by atoms with Crippen molar-refractivity contribution in [2.24, 2.45) is 0 Å². The molecule has 0 bridgehead atoms. The summed E-state index contributed by atoms with van der Waals surface area (Å²) in [5, 5.41) is 55.1.